The molecule has 1 unspecified atom stereocenters. The number of methoxy groups -OCH3 is 2. The second-order valence-electron chi connectivity index (χ2n) is 5.80. The van der Waals surface area contributed by atoms with Crippen LogP contribution in [0.4, 0.5) is 4.79 Å². The van der Waals surface area contributed by atoms with Crippen molar-refractivity contribution in [1.29, 1.82) is 5.26 Å². The Labute approximate surface area is 152 Å². The van der Waals surface area contributed by atoms with Crippen LogP contribution in [0.2, 0.25) is 0 Å². The van der Waals surface area contributed by atoms with Gasteiger partial charge in [-0.25, -0.2) is 9.59 Å². The Balaban J connectivity index is 2.83. The summed E-state index contributed by atoms with van der Waals surface area (Å²) in [6.45, 7) is 1.42. The van der Waals surface area contributed by atoms with E-state index in [4.69, 9.17) is 14.7 Å². The van der Waals surface area contributed by atoms with Gasteiger partial charge in [-0.2, -0.15) is 5.26 Å². The molecule has 8 nitrogen and oxygen atoms in total. The monoisotopic (exact) mass is 362 g/mol. The van der Waals surface area contributed by atoms with Crippen LogP contribution < -0.4 is 5.32 Å². The minimum Gasteiger partial charge on any atom is -0.469 e. The number of carbonyl (C=O) groups excluding carboxylic acids is 3. The smallest absolute Gasteiger partial charge is 0.408 e. The maximum atomic E-state index is 12.2. The van der Waals surface area contributed by atoms with Gasteiger partial charge in [-0.1, -0.05) is 30.3 Å². The fraction of sp³-hybridized carbons (Fsp3) is 0.444. The Morgan fingerprint density at radius 1 is 1.19 bits per heavy atom. The Morgan fingerprint density at radius 3 is 2.38 bits per heavy atom. The molecule has 0 aromatic heterocycles. The number of carbonyl (C=O) groups is 3. The zero-order chi connectivity index (χ0) is 19.6. The van der Waals surface area contributed by atoms with E-state index >= 15 is 0 Å². The number of nitrogens with zero attached hydrogens (tertiary/aromatic N) is 1. The van der Waals surface area contributed by atoms with Crippen molar-refractivity contribution in [2.45, 2.75) is 31.9 Å². The quantitative estimate of drug-likeness (QED) is 0.555. The molecule has 1 N–H and O–H groups in total. The summed E-state index contributed by atoms with van der Waals surface area (Å²) in [5.74, 6) is -2.31. The summed E-state index contributed by atoms with van der Waals surface area (Å²) >= 11 is 0. The molecular formula is C18H22N2O6. The number of alkyl carbamates (subject to hydrolysis) is 1. The lowest BCUT2D eigenvalue weighted by Crippen LogP contribution is -2.54. The third-order valence-electron chi connectivity index (χ3n) is 3.75. The van der Waals surface area contributed by atoms with Crippen molar-refractivity contribution >= 4 is 18.0 Å². The zero-order valence-corrected chi connectivity index (χ0v) is 15.0. The molecule has 26 heavy (non-hydrogen) atoms. The first kappa shape index (κ1) is 21.0. The first-order valence-corrected chi connectivity index (χ1v) is 7.88. The molecule has 0 saturated heterocycles. The van der Waals surface area contributed by atoms with Crippen LogP contribution in [-0.2, 0) is 30.4 Å². The van der Waals surface area contributed by atoms with Crippen LogP contribution in [0.5, 0.6) is 0 Å². The first-order chi connectivity index (χ1) is 12.4. The summed E-state index contributed by atoms with van der Waals surface area (Å²) in [5.41, 5.74) is -0.780. The van der Waals surface area contributed by atoms with E-state index < -0.39 is 29.5 Å². The Morgan fingerprint density at radius 2 is 1.85 bits per heavy atom. The van der Waals surface area contributed by atoms with E-state index in [-0.39, 0.29) is 19.4 Å². The molecule has 0 spiro atoms. The van der Waals surface area contributed by atoms with E-state index in [1.54, 1.807) is 24.3 Å². The average molecular weight is 362 g/mol. The molecule has 2 atom stereocenters. The largest absolute Gasteiger partial charge is 0.469 e. The van der Waals surface area contributed by atoms with E-state index in [0.29, 0.717) is 0 Å². The third kappa shape index (κ3) is 6.09. The molecule has 140 valence electrons. The van der Waals surface area contributed by atoms with Crippen LogP contribution in [0.1, 0.15) is 25.3 Å². The molecule has 0 fully saturated rings. The maximum absolute atomic E-state index is 12.2. The molecule has 0 heterocycles. The summed E-state index contributed by atoms with van der Waals surface area (Å²) in [4.78, 5) is 36.1. The SMILES string of the molecule is COC(=O)C(CC#N)C[C@](C)(NC(=O)OCc1ccccc1)C(=O)OC. The lowest BCUT2D eigenvalue weighted by Gasteiger charge is -2.29. The molecule has 0 aliphatic carbocycles. The summed E-state index contributed by atoms with van der Waals surface area (Å²) in [7, 11) is 2.35. The fourth-order valence-corrected chi connectivity index (χ4v) is 2.40. The number of nitriles is 1. The highest BCUT2D eigenvalue weighted by Crippen LogP contribution is 2.22. The van der Waals surface area contributed by atoms with E-state index in [0.717, 1.165) is 12.7 Å². The second-order valence-corrected chi connectivity index (χ2v) is 5.80. The molecule has 0 aliphatic heterocycles. The highest BCUT2D eigenvalue weighted by Gasteiger charge is 2.41. The van der Waals surface area contributed by atoms with Crippen molar-refractivity contribution in [3.8, 4) is 6.07 Å². The fourth-order valence-electron chi connectivity index (χ4n) is 2.40. The Hall–Kier alpha value is -3.08. The first-order valence-electron chi connectivity index (χ1n) is 7.88. The van der Waals surface area contributed by atoms with E-state index in [9.17, 15) is 14.4 Å². The van der Waals surface area contributed by atoms with E-state index in [1.807, 2.05) is 12.1 Å². The molecule has 0 saturated carbocycles. The normalized spacial score (nSPS) is 13.5. The molecule has 1 aromatic rings. The van der Waals surface area contributed by atoms with Gasteiger partial charge < -0.3 is 19.5 Å². The van der Waals surface area contributed by atoms with Gasteiger partial charge >= 0.3 is 18.0 Å². The van der Waals surface area contributed by atoms with Crippen molar-refractivity contribution in [2.24, 2.45) is 5.92 Å². The van der Waals surface area contributed by atoms with Gasteiger partial charge in [0.25, 0.3) is 0 Å². The van der Waals surface area contributed by atoms with Crippen LogP contribution in [-0.4, -0.2) is 37.8 Å². The summed E-state index contributed by atoms with van der Waals surface area (Å²) in [6.07, 6.45) is -1.18. The number of nitrogens with one attached hydrogen (secondary N) is 1. The minimum atomic E-state index is -1.56. The summed E-state index contributed by atoms with van der Waals surface area (Å²) in [5, 5.41) is 11.3. The molecule has 1 rings (SSSR count). The van der Waals surface area contributed by atoms with Crippen LogP contribution in [0.25, 0.3) is 0 Å². The standard InChI is InChI=1S/C18H22N2O6/c1-18(16(22)25-3,11-14(9-10-19)15(21)24-2)20-17(23)26-12-13-7-5-4-6-8-13/h4-8,14H,9,11-12H2,1-3H3,(H,20,23)/t14?,18-/m0/s1. The predicted molar refractivity (Wildman–Crippen MR) is 90.5 cm³/mol. The third-order valence-corrected chi connectivity index (χ3v) is 3.75. The van der Waals surface area contributed by atoms with Gasteiger partial charge in [-0.15, -0.1) is 0 Å². The van der Waals surface area contributed by atoms with Gasteiger partial charge in [0.15, 0.2) is 0 Å². The summed E-state index contributed by atoms with van der Waals surface area (Å²) < 4.78 is 14.5. The number of esters is 2. The van der Waals surface area contributed by atoms with Gasteiger partial charge in [0.2, 0.25) is 0 Å². The number of hydrogen-bond acceptors (Lipinski definition) is 7. The average Bonchev–Trinajstić information content (AvgIpc) is 2.65. The van der Waals surface area contributed by atoms with Gasteiger partial charge in [0.05, 0.1) is 26.2 Å². The number of benzene rings is 1. The van der Waals surface area contributed by atoms with Crippen LogP contribution >= 0.6 is 0 Å². The predicted octanol–water partition coefficient (Wildman–Crippen LogP) is 1.94. The molecule has 0 bridgehead atoms. The molecule has 0 aliphatic rings. The topological polar surface area (TPSA) is 115 Å². The Kier molecular flexibility index (Phi) is 8.09. The van der Waals surface area contributed by atoms with Crippen molar-refractivity contribution in [2.75, 3.05) is 14.2 Å². The lowest BCUT2D eigenvalue weighted by molar-refractivity contribution is -0.151. The highest BCUT2D eigenvalue weighted by molar-refractivity contribution is 5.86. The summed E-state index contributed by atoms with van der Waals surface area (Å²) in [6, 6.07) is 10.9. The number of rotatable bonds is 8. The molecular weight excluding hydrogens is 340 g/mol. The Bertz CT molecular complexity index is 670. The van der Waals surface area contributed by atoms with Crippen LogP contribution in [0.3, 0.4) is 0 Å². The molecule has 1 amide bonds. The van der Waals surface area contributed by atoms with E-state index in [2.05, 4.69) is 10.1 Å². The van der Waals surface area contributed by atoms with Gasteiger partial charge in [0.1, 0.15) is 12.1 Å². The van der Waals surface area contributed by atoms with Crippen molar-refractivity contribution in [3.05, 3.63) is 35.9 Å². The van der Waals surface area contributed by atoms with E-state index in [1.165, 1.54) is 14.0 Å². The number of hydrogen-bond donors (Lipinski definition) is 1. The van der Waals surface area contributed by atoms with Gasteiger partial charge in [0, 0.05) is 6.42 Å². The van der Waals surface area contributed by atoms with Gasteiger partial charge in [-0.3, -0.25) is 4.79 Å². The molecule has 1 aromatic carbocycles. The molecule has 0 radical (unpaired) electrons. The minimum absolute atomic E-state index is 0.0164. The van der Waals surface area contributed by atoms with Crippen LogP contribution in [0.15, 0.2) is 30.3 Å². The number of ether oxygens (including phenoxy) is 3. The highest BCUT2D eigenvalue weighted by atomic mass is 16.6. The molecule has 8 heteroatoms. The van der Waals surface area contributed by atoms with Gasteiger partial charge in [-0.05, 0) is 18.9 Å². The van der Waals surface area contributed by atoms with Crippen molar-refractivity contribution in [3.63, 3.8) is 0 Å². The maximum Gasteiger partial charge on any atom is 0.408 e. The lowest BCUT2D eigenvalue weighted by atomic mass is 9.87. The number of amides is 1. The zero-order valence-electron chi connectivity index (χ0n) is 15.0. The van der Waals surface area contributed by atoms with Crippen molar-refractivity contribution in [1.82, 2.24) is 5.32 Å². The second kappa shape index (κ2) is 10.0. The van der Waals surface area contributed by atoms with Crippen LogP contribution in [0, 0.1) is 17.2 Å². The van der Waals surface area contributed by atoms with Crippen molar-refractivity contribution < 1.29 is 28.6 Å².